The third kappa shape index (κ3) is 3.61. The number of rotatable bonds is 5. The topological polar surface area (TPSA) is 68.3 Å². The molecule has 1 aromatic carbocycles. The van der Waals surface area contributed by atoms with Crippen LogP contribution < -0.4 is 5.32 Å². The summed E-state index contributed by atoms with van der Waals surface area (Å²) in [4.78, 5) is 28.6. The molecule has 2 aromatic rings. The van der Waals surface area contributed by atoms with E-state index in [1.807, 2.05) is 26.0 Å². The lowest BCUT2D eigenvalue weighted by atomic mass is 10.0. The zero-order valence-corrected chi connectivity index (χ0v) is 13.0. The highest BCUT2D eigenvalue weighted by atomic mass is 16.5. The molecule has 116 valence electrons. The van der Waals surface area contributed by atoms with Crippen molar-refractivity contribution in [3.63, 3.8) is 0 Å². The van der Waals surface area contributed by atoms with Gasteiger partial charge in [0, 0.05) is 17.1 Å². The Morgan fingerprint density at radius 1 is 1.23 bits per heavy atom. The monoisotopic (exact) mass is 300 g/mol. The van der Waals surface area contributed by atoms with E-state index < -0.39 is 12.0 Å². The number of esters is 1. The smallest absolute Gasteiger partial charge is 0.328 e. The quantitative estimate of drug-likeness (QED) is 0.862. The van der Waals surface area contributed by atoms with Gasteiger partial charge in [-0.1, -0.05) is 26.0 Å². The van der Waals surface area contributed by atoms with E-state index >= 15 is 0 Å². The molecule has 2 rings (SSSR count). The predicted octanol–water partition coefficient (Wildman–Crippen LogP) is 2.55. The van der Waals surface area contributed by atoms with Crippen molar-refractivity contribution in [3.05, 3.63) is 42.1 Å². The van der Waals surface area contributed by atoms with Gasteiger partial charge in [-0.3, -0.25) is 9.78 Å². The summed E-state index contributed by atoms with van der Waals surface area (Å²) in [6.07, 6.45) is 2.21. The minimum Gasteiger partial charge on any atom is -0.467 e. The third-order valence-electron chi connectivity index (χ3n) is 3.39. The second kappa shape index (κ2) is 7.02. The van der Waals surface area contributed by atoms with E-state index in [-0.39, 0.29) is 11.8 Å². The highest BCUT2D eigenvalue weighted by molar-refractivity contribution is 6.07. The van der Waals surface area contributed by atoms with Gasteiger partial charge in [-0.2, -0.15) is 0 Å². The van der Waals surface area contributed by atoms with Gasteiger partial charge in [0.1, 0.15) is 6.04 Å². The molecule has 0 aliphatic carbocycles. The SMILES string of the molecule is COC(=O)[C@H](CC(C)C)NC(=O)c1cccc2ncccc12. The zero-order valence-electron chi connectivity index (χ0n) is 13.0. The maximum Gasteiger partial charge on any atom is 0.328 e. The first-order valence-electron chi connectivity index (χ1n) is 7.25. The van der Waals surface area contributed by atoms with Crippen LogP contribution in [0.25, 0.3) is 10.9 Å². The molecule has 0 fully saturated rings. The van der Waals surface area contributed by atoms with Gasteiger partial charge in [0.05, 0.1) is 12.6 Å². The molecule has 0 spiro atoms. The van der Waals surface area contributed by atoms with Crippen molar-refractivity contribution >= 4 is 22.8 Å². The highest BCUT2D eigenvalue weighted by Gasteiger charge is 2.23. The number of carbonyl (C=O) groups is 2. The summed E-state index contributed by atoms with van der Waals surface area (Å²) in [7, 11) is 1.32. The fraction of sp³-hybridized carbons (Fsp3) is 0.353. The van der Waals surface area contributed by atoms with Crippen LogP contribution in [0.4, 0.5) is 0 Å². The Hall–Kier alpha value is -2.43. The second-order valence-corrected chi connectivity index (χ2v) is 5.55. The average molecular weight is 300 g/mol. The summed E-state index contributed by atoms with van der Waals surface area (Å²) in [6.45, 7) is 3.98. The van der Waals surface area contributed by atoms with Crippen molar-refractivity contribution in [2.75, 3.05) is 7.11 Å². The molecule has 5 heteroatoms. The first-order chi connectivity index (χ1) is 10.5. The van der Waals surface area contributed by atoms with Gasteiger partial charge in [-0.25, -0.2) is 4.79 Å². The second-order valence-electron chi connectivity index (χ2n) is 5.55. The number of pyridine rings is 1. The van der Waals surface area contributed by atoms with Gasteiger partial charge in [-0.05, 0) is 30.5 Å². The Kier molecular flexibility index (Phi) is 5.09. The fourth-order valence-electron chi connectivity index (χ4n) is 2.37. The highest BCUT2D eigenvalue weighted by Crippen LogP contribution is 2.17. The molecule has 0 saturated heterocycles. The van der Waals surface area contributed by atoms with Crippen molar-refractivity contribution < 1.29 is 14.3 Å². The molecule has 22 heavy (non-hydrogen) atoms. The number of nitrogens with one attached hydrogen (secondary N) is 1. The number of fused-ring (bicyclic) bond motifs is 1. The van der Waals surface area contributed by atoms with Gasteiger partial charge in [-0.15, -0.1) is 0 Å². The number of hydrogen-bond acceptors (Lipinski definition) is 4. The van der Waals surface area contributed by atoms with Gasteiger partial charge in [0.2, 0.25) is 0 Å². The minimum atomic E-state index is -0.649. The van der Waals surface area contributed by atoms with E-state index in [4.69, 9.17) is 4.74 Å². The molecule has 0 aliphatic heterocycles. The van der Waals surface area contributed by atoms with Crippen LogP contribution in [0.5, 0.6) is 0 Å². The molecule has 1 heterocycles. The molecular formula is C17H20N2O3. The van der Waals surface area contributed by atoms with Crippen molar-refractivity contribution in [1.82, 2.24) is 10.3 Å². The molecule has 1 N–H and O–H groups in total. The first-order valence-corrected chi connectivity index (χ1v) is 7.25. The number of nitrogens with zero attached hydrogens (tertiary/aromatic N) is 1. The summed E-state index contributed by atoms with van der Waals surface area (Å²) < 4.78 is 4.77. The Morgan fingerprint density at radius 2 is 2.00 bits per heavy atom. The van der Waals surface area contributed by atoms with Gasteiger partial charge < -0.3 is 10.1 Å². The largest absolute Gasteiger partial charge is 0.467 e. The van der Waals surface area contributed by atoms with Crippen LogP contribution in [0, 0.1) is 5.92 Å². The van der Waals surface area contributed by atoms with Crippen molar-refractivity contribution in [1.29, 1.82) is 0 Å². The Balaban J connectivity index is 2.27. The van der Waals surface area contributed by atoms with E-state index in [0.29, 0.717) is 12.0 Å². The maximum absolute atomic E-state index is 12.5. The van der Waals surface area contributed by atoms with Gasteiger partial charge in [0.25, 0.3) is 5.91 Å². The number of aromatic nitrogens is 1. The summed E-state index contributed by atoms with van der Waals surface area (Å²) in [5.41, 5.74) is 1.25. The zero-order chi connectivity index (χ0) is 16.1. The van der Waals surface area contributed by atoms with Crippen LogP contribution in [0.3, 0.4) is 0 Å². The normalized spacial score (nSPS) is 12.2. The standard InChI is InChI=1S/C17H20N2O3/c1-11(2)10-15(17(21)22-3)19-16(20)13-6-4-8-14-12(13)7-5-9-18-14/h4-9,11,15H,10H2,1-3H3,(H,19,20)/t15-/m0/s1. The lowest BCUT2D eigenvalue weighted by Crippen LogP contribution is -2.42. The minimum absolute atomic E-state index is 0.263. The number of ether oxygens (including phenoxy) is 1. The van der Waals surface area contributed by atoms with Crippen LogP contribution in [0.2, 0.25) is 0 Å². The molecule has 0 saturated carbocycles. The van der Waals surface area contributed by atoms with Crippen LogP contribution >= 0.6 is 0 Å². The van der Waals surface area contributed by atoms with Crippen LogP contribution in [0.1, 0.15) is 30.6 Å². The summed E-state index contributed by atoms with van der Waals surface area (Å²) in [5, 5.41) is 3.53. The van der Waals surface area contributed by atoms with E-state index in [0.717, 1.165) is 10.9 Å². The van der Waals surface area contributed by atoms with Crippen LogP contribution in [-0.4, -0.2) is 30.0 Å². The molecule has 1 aromatic heterocycles. The molecular weight excluding hydrogens is 280 g/mol. The average Bonchev–Trinajstić information content (AvgIpc) is 2.52. The van der Waals surface area contributed by atoms with Crippen LogP contribution in [-0.2, 0) is 9.53 Å². The Labute approximate surface area is 129 Å². The molecule has 0 aliphatic rings. The molecule has 1 atom stereocenters. The van der Waals surface area contributed by atoms with Gasteiger partial charge >= 0.3 is 5.97 Å². The number of carbonyl (C=O) groups excluding carboxylic acids is 2. The van der Waals surface area contributed by atoms with E-state index in [1.165, 1.54) is 7.11 Å². The summed E-state index contributed by atoms with van der Waals surface area (Å²) >= 11 is 0. The summed E-state index contributed by atoms with van der Waals surface area (Å²) in [6, 6.07) is 8.32. The lowest BCUT2D eigenvalue weighted by Gasteiger charge is -2.18. The molecule has 1 amide bonds. The first kappa shape index (κ1) is 15.9. The molecule has 0 radical (unpaired) electrons. The fourth-order valence-corrected chi connectivity index (χ4v) is 2.37. The number of methoxy groups -OCH3 is 1. The molecule has 5 nitrogen and oxygen atoms in total. The summed E-state index contributed by atoms with van der Waals surface area (Å²) in [5.74, 6) is -0.464. The number of benzene rings is 1. The van der Waals surface area contributed by atoms with E-state index in [9.17, 15) is 9.59 Å². The van der Waals surface area contributed by atoms with Gasteiger partial charge in [0.15, 0.2) is 0 Å². The van der Waals surface area contributed by atoms with Crippen molar-refractivity contribution in [3.8, 4) is 0 Å². The number of amides is 1. The Bertz CT molecular complexity index is 677. The number of hydrogen-bond donors (Lipinski definition) is 1. The van der Waals surface area contributed by atoms with Crippen molar-refractivity contribution in [2.24, 2.45) is 5.92 Å². The van der Waals surface area contributed by atoms with Crippen LogP contribution in [0.15, 0.2) is 36.5 Å². The maximum atomic E-state index is 12.5. The van der Waals surface area contributed by atoms with E-state index in [1.54, 1.807) is 24.4 Å². The third-order valence-corrected chi connectivity index (χ3v) is 3.39. The Morgan fingerprint density at radius 3 is 2.68 bits per heavy atom. The lowest BCUT2D eigenvalue weighted by molar-refractivity contribution is -0.143. The molecule has 0 bridgehead atoms. The molecule has 0 unspecified atom stereocenters. The van der Waals surface area contributed by atoms with Crippen molar-refractivity contribution in [2.45, 2.75) is 26.3 Å². The van der Waals surface area contributed by atoms with E-state index in [2.05, 4.69) is 10.3 Å². The predicted molar refractivity (Wildman–Crippen MR) is 84.5 cm³/mol.